The molecule has 604 valence electrons. The standard InChI is InChI=1S/C38H40N2O2S.C30H33N3O2.C22H24N2O2S.C8H9Cl.HI.H3N/c1-26(30-10-6-4-7-11-30)40-35(41)38(39-36(40)43-27(2)31-12-8-5-9-13-31)34-24-29(17-16-28-14-15-28)18-19-32(34)25-37(38)22-20-33(42-3)21-23-37;1-20(23-6-4-3-5-7-23)33-27(34)30(32-28(33)31)26-18-22(11-10-21-8-9-21)12-13-24(26)19-29(30)16-14-25(35-2)15-17-29;1-26-17-8-10-21(11-9-17)13-16-7-6-15(5-4-14-2-3-14)12-18(16)22(21)19(25)23-20(27)24-22;1-7(9)8-5-3-2-4-6-8;;/h4-13,18-19,24,26-28,33H,14-15,20-23,25H2,1-3H3;3-7,12-13,18,20-21,25H,8-9,14-17,19H2,1-2H3,(H2,31,32);6-7,12,14,17H,2-3,8-11,13H2,1H3,(H2,23,24,25,27);2-7H,1H3;1H;1H3/t26-,27+,33?,37?,38?;20-,25?,29?,30?;;7-;;/m11.0../s1. The molecule has 7 aromatic rings. The zero-order valence-corrected chi connectivity index (χ0v) is 72.7. The van der Waals surface area contributed by atoms with E-state index in [2.05, 4.69) is 169 Å². The van der Waals surface area contributed by atoms with Gasteiger partial charge in [-0.3, -0.25) is 24.2 Å². The second kappa shape index (κ2) is 35.0. The molecular weight excluding hydrogens is 1610 g/mol. The molecule has 3 unspecified atom stereocenters. The lowest BCUT2D eigenvalue weighted by Gasteiger charge is -2.46. The van der Waals surface area contributed by atoms with Gasteiger partial charge in [0, 0.05) is 77.3 Å². The van der Waals surface area contributed by atoms with Gasteiger partial charge in [-0.2, -0.15) is 0 Å². The van der Waals surface area contributed by atoms with Crippen molar-refractivity contribution in [2.45, 2.75) is 220 Å². The number of carbonyl (C=O) groups excluding carboxylic acids is 3. The smallest absolute Gasteiger partial charge is 0.263 e. The van der Waals surface area contributed by atoms with Crippen molar-refractivity contribution < 1.29 is 28.6 Å². The van der Waals surface area contributed by atoms with Gasteiger partial charge >= 0.3 is 0 Å². The van der Waals surface area contributed by atoms with Crippen LogP contribution >= 0.6 is 59.6 Å². The van der Waals surface area contributed by atoms with E-state index in [4.69, 9.17) is 53.7 Å². The van der Waals surface area contributed by atoms with Gasteiger partial charge in [-0.15, -0.1) is 35.6 Å². The van der Waals surface area contributed by atoms with Crippen LogP contribution < -0.4 is 22.5 Å². The van der Waals surface area contributed by atoms with Gasteiger partial charge in [-0.25, -0.2) is 9.98 Å². The first-order valence-electron chi connectivity index (χ1n) is 41.6. The van der Waals surface area contributed by atoms with Crippen LogP contribution in [0.1, 0.15) is 238 Å². The summed E-state index contributed by atoms with van der Waals surface area (Å²) in [5, 5.41) is 7.84. The third-order valence-corrected chi connectivity index (χ3v) is 28.7. The summed E-state index contributed by atoms with van der Waals surface area (Å²) in [6.45, 7) is 8.38. The summed E-state index contributed by atoms with van der Waals surface area (Å²) in [5.41, 5.74) is 17.5. The Morgan fingerprint density at radius 1 is 0.483 bits per heavy atom. The molecule has 0 bridgehead atoms. The second-order valence-corrected chi connectivity index (χ2v) is 36.5. The summed E-state index contributed by atoms with van der Waals surface area (Å²) in [6, 6.07) is 60.1. The molecule has 7 aromatic carbocycles. The van der Waals surface area contributed by atoms with Crippen LogP contribution in [0.25, 0.3) is 0 Å². The molecule has 7 N–H and O–H groups in total. The number of rotatable bonds is 10. The minimum atomic E-state index is -0.995. The number of hydrogen-bond donors (Lipinski definition) is 4. The topological polar surface area (TPSA) is 195 Å². The van der Waals surface area contributed by atoms with Crippen molar-refractivity contribution in [3.8, 4) is 35.5 Å². The molecule has 14 nitrogen and oxygen atoms in total. The number of methoxy groups -OCH3 is 3. The number of amides is 3. The third kappa shape index (κ3) is 16.0. The fraction of sp³-hybridized carbons (Fsp3) is 0.449. The molecule has 3 heterocycles. The monoisotopic (exact) mass is 1720 g/mol. The number of nitrogens with one attached hydrogen (secondary N) is 2. The molecule has 1 saturated heterocycles. The molecular formula is C98H110ClIN8O6S2. The van der Waals surface area contributed by atoms with Gasteiger partial charge in [0.15, 0.2) is 32.9 Å². The van der Waals surface area contributed by atoms with E-state index < -0.39 is 16.6 Å². The molecule has 116 heavy (non-hydrogen) atoms. The number of benzene rings is 7. The van der Waals surface area contributed by atoms with Crippen LogP contribution in [0.5, 0.6) is 0 Å². The van der Waals surface area contributed by atoms with Crippen molar-refractivity contribution in [3.05, 3.63) is 248 Å². The number of amidine groups is 1. The molecule has 9 aliphatic carbocycles. The highest BCUT2D eigenvalue weighted by molar-refractivity contribution is 14.0. The second-order valence-electron chi connectivity index (χ2n) is 34.1. The first kappa shape index (κ1) is 84.3. The number of fused-ring (bicyclic) bond motifs is 9. The number of aliphatic imine (C=N–C) groups is 2. The van der Waals surface area contributed by atoms with Crippen molar-refractivity contribution in [1.82, 2.24) is 26.6 Å². The predicted molar refractivity (Wildman–Crippen MR) is 479 cm³/mol. The number of halogens is 2. The molecule has 7 atom stereocenters. The van der Waals surface area contributed by atoms with E-state index in [1.54, 1.807) is 30.9 Å². The summed E-state index contributed by atoms with van der Waals surface area (Å²) in [5.74, 6) is 22.3. The average molecular weight is 1720 g/mol. The van der Waals surface area contributed by atoms with Gasteiger partial charge < -0.3 is 36.7 Å². The Balaban J connectivity index is 0.000000137. The number of ether oxygens (including phenoxy) is 3. The van der Waals surface area contributed by atoms with E-state index in [0.717, 1.165) is 146 Å². The highest BCUT2D eigenvalue weighted by atomic mass is 127. The Labute approximate surface area is 718 Å². The van der Waals surface area contributed by atoms with E-state index in [9.17, 15) is 9.59 Å². The molecule has 19 rings (SSSR count). The molecule has 3 amide bonds. The number of thioether (sulfide) groups is 1. The van der Waals surface area contributed by atoms with Gasteiger partial charge in [0.25, 0.3) is 17.7 Å². The first-order valence-corrected chi connectivity index (χ1v) is 43.3. The Bertz CT molecular complexity index is 5060. The summed E-state index contributed by atoms with van der Waals surface area (Å²) in [4.78, 5) is 57.8. The van der Waals surface area contributed by atoms with E-state index in [1.807, 2.05) is 92.6 Å². The zero-order valence-electron chi connectivity index (χ0n) is 68.0. The van der Waals surface area contributed by atoms with E-state index in [1.165, 1.54) is 66.3 Å². The van der Waals surface area contributed by atoms with Crippen LogP contribution in [0, 0.1) is 69.5 Å². The van der Waals surface area contributed by atoms with Gasteiger partial charge in [0.2, 0.25) is 0 Å². The minimum absolute atomic E-state index is 0. The Hall–Kier alpha value is -8.13. The van der Waals surface area contributed by atoms with Crippen molar-refractivity contribution in [3.63, 3.8) is 0 Å². The lowest BCUT2D eigenvalue weighted by Crippen LogP contribution is -2.56. The molecule has 6 spiro atoms. The van der Waals surface area contributed by atoms with Crippen LogP contribution in [-0.4, -0.2) is 83.4 Å². The maximum absolute atomic E-state index is 15.4. The van der Waals surface area contributed by atoms with Crippen molar-refractivity contribution in [2.24, 2.45) is 49.7 Å². The molecule has 0 aromatic heterocycles. The number of nitrogens with two attached hydrogens (primary N) is 1. The fourth-order valence-electron chi connectivity index (χ4n) is 20.1. The third-order valence-electron chi connectivity index (χ3n) is 27.2. The van der Waals surface area contributed by atoms with Gasteiger partial charge in [-0.05, 0) is 267 Å². The number of guanidine groups is 1. The molecule has 3 aliphatic heterocycles. The molecule has 18 heteroatoms. The highest BCUT2D eigenvalue weighted by Crippen LogP contribution is 2.66. The summed E-state index contributed by atoms with van der Waals surface area (Å²) in [7, 11) is 5.38. The number of carbonyl (C=O) groups is 3. The lowest BCUT2D eigenvalue weighted by molar-refractivity contribution is -0.140. The summed E-state index contributed by atoms with van der Waals surface area (Å²) >= 11 is 12.9. The Kier molecular flexibility index (Phi) is 25.5. The van der Waals surface area contributed by atoms with E-state index >= 15 is 4.79 Å². The number of nitrogens with zero attached hydrogens (tertiary/aromatic N) is 4. The largest absolute Gasteiger partial charge is 0.381 e. The quantitative estimate of drug-likeness (QED) is 0.0440. The average Bonchev–Trinajstić information content (AvgIpc) is 1.53. The first-order chi connectivity index (χ1) is 55.3. The zero-order chi connectivity index (χ0) is 79.2. The van der Waals surface area contributed by atoms with Gasteiger partial charge in [-0.1, -0.05) is 187 Å². The predicted octanol–water partition coefficient (Wildman–Crippen LogP) is 19.5. The molecule has 7 fully saturated rings. The molecule has 6 saturated carbocycles. The molecule has 0 radical (unpaired) electrons. The van der Waals surface area contributed by atoms with Gasteiger partial charge in [0.1, 0.15) is 0 Å². The highest BCUT2D eigenvalue weighted by Gasteiger charge is 2.70. The maximum Gasteiger partial charge on any atom is 0.263 e. The fourth-order valence-corrected chi connectivity index (χ4v) is 21.7. The van der Waals surface area contributed by atoms with Crippen LogP contribution in [0.15, 0.2) is 186 Å². The van der Waals surface area contributed by atoms with E-state index in [0.29, 0.717) is 28.8 Å². The SMILES string of the molecule is COC1CCC2(CC1)Cc1ccc(C#CC3CC3)cc1C21N=C(N)N([C@H](C)c2ccccc2)C1=O.COC1CCC2(CC1)Cc1ccc(C#CC3CC3)cc1C21N=C(S[C@@H](C)c2ccccc2)N([C@H](C)c2ccccc2)C1=O.COC1CCC2(CC1)Cc1ccc(C#CC3CC3)cc1C21NC(=S)NC1=O.C[C@H](Cl)c1ccccc1.I.N. The normalized spacial score (nSPS) is 28.3. The number of thiocarbonyl (C=S) groups is 1. The van der Waals surface area contributed by atoms with Crippen LogP contribution in [-0.2, 0) is 64.5 Å². The number of alkyl halides is 1. The van der Waals surface area contributed by atoms with Crippen LogP contribution in [0.4, 0.5) is 0 Å². The van der Waals surface area contributed by atoms with E-state index in [-0.39, 0.29) is 105 Å². The van der Waals surface area contributed by atoms with Crippen LogP contribution in [0.3, 0.4) is 0 Å². The lowest BCUT2D eigenvalue weighted by atomic mass is 9.61. The Morgan fingerprint density at radius 2 is 0.836 bits per heavy atom. The number of hydrogen-bond acceptors (Lipinski definition) is 12. The maximum atomic E-state index is 15.4. The van der Waals surface area contributed by atoms with Crippen LogP contribution in [0.2, 0.25) is 0 Å². The van der Waals surface area contributed by atoms with Crippen molar-refractivity contribution in [2.75, 3.05) is 21.3 Å². The molecule has 12 aliphatic rings. The summed E-state index contributed by atoms with van der Waals surface area (Å²) < 4.78 is 17.1. The minimum Gasteiger partial charge on any atom is -0.381 e. The Morgan fingerprint density at radius 3 is 1.22 bits per heavy atom. The summed E-state index contributed by atoms with van der Waals surface area (Å²) in [6.07, 6.45) is 21.8. The van der Waals surface area contributed by atoms with Crippen molar-refractivity contribution >= 4 is 93.5 Å². The van der Waals surface area contributed by atoms with Gasteiger partial charge in [0.05, 0.1) is 35.8 Å². The van der Waals surface area contributed by atoms with Crippen molar-refractivity contribution in [1.29, 1.82) is 0 Å².